The third kappa shape index (κ3) is 3.58. The van der Waals surface area contributed by atoms with Crippen LogP contribution in [0.1, 0.15) is 58.3 Å². The van der Waals surface area contributed by atoms with E-state index < -0.39 is 0 Å². The second kappa shape index (κ2) is 6.08. The van der Waals surface area contributed by atoms with E-state index in [9.17, 15) is 4.79 Å². The van der Waals surface area contributed by atoms with E-state index in [1.54, 1.807) is 0 Å². The first-order valence-corrected chi connectivity index (χ1v) is 8.29. The lowest BCUT2D eigenvalue weighted by atomic mass is 9.71. The zero-order chi connectivity index (χ0) is 14.7. The average molecular weight is 286 g/mol. The van der Waals surface area contributed by atoms with Gasteiger partial charge >= 0.3 is 0 Å². The molecule has 3 rings (SSSR count). The molecule has 2 aliphatic rings. The van der Waals surface area contributed by atoms with Gasteiger partial charge in [0.2, 0.25) is 5.91 Å². The zero-order valence-corrected chi connectivity index (χ0v) is 13.0. The van der Waals surface area contributed by atoms with Gasteiger partial charge in [0.15, 0.2) is 0 Å². The molecule has 2 fully saturated rings. The number of hydrogen-bond donors (Lipinski definition) is 2. The molecule has 21 heavy (non-hydrogen) atoms. The maximum Gasteiger partial charge on any atom is 0.221 e. The number of hydrogen-bond acceptors (Lipinski definition) is 2. The summed E-state index contributed by atoms with van der Waals surface area (Å²) in [6.45, 7) is 1.53. The maximum absolute atomic E-state index is 11.0. The molecule has 114 valence electrons. The summed E-state index contributed by atoms with van der Waals surface area (Å²) in [7, 11) is 0. The summed E-state index contributed by atoms with van der Waals surface area (Å²) in [6.07, 6.45) is 11.2. The van der Waals surface area contributed by atoms with Crippen molar-refractivity contribution in [3.8, 4) is 0 Å². The lowest BCUT2D eigenvalue weighted by Crippen LogP contribution is -2.31. The number of amides is 1. The standard InChI is InChI=1S/C18H26N2O/c1-14(21)19-15-4-6-16(7-5-15)20-17-8-12-18(13-9-17)10-2-3-11-18/h4-7,17,20H,2-3,8-13H2,1H3,(H,19,21). The third-order valence-corrected chi connectivity index (χ3v) is 5.29. The molecule has 0 bridgehead atoms. The summed E-state index contributed by atoms with van der Waals surface area (Å²) >= 11 is 0. The minimum atomic E-state index is -0.0233. The highest BCUT2D eigenvalue weighted by molar-refractivity contribution is 5.88. The average Bonchev–Trinajstić information content (AvgIpc) is 2.92. The van der Waals surface area contributed by atoms with Crippen LogP contribution in [0.3, 0.4) is 0 Å². The highest BCUT2D eigenvalue weighted by Gasteiger charge is 2.37. The molecule has 2 saturated carbocycles. The Hall–Kier alpha value is -1.51. The van der Waals surface area contributed by atoms with Crippen molar-refractivity contribution < 1.29 is 4.79 Å². The molecule has 0 aliphatic heterocycles. The van der Waals surface area contributed by atoms with Gasteiger partial charge in [0.25, 0.3) is 0 Å². The van der Waals surface area contributed by atoms with Gasteiger partial charge in [-0.2, -0.15) is 0 Å². The fraction of sp³-hybridized carbons (Fsp3) is 0.611. The Morgan fingerprint density at radius 3 is 2.14 bits per heavy atom. The first kappa shape index (κ1) is 14.4. The SMILES string of the molecule is CC(=O)Nc1ccc(NC2CCC3(CCCC3)CC2)cc1. The van der Waals surface area contributed by atoms with Crippen molar-refractivity contribution >= 4 is 17.3 Å². The van der Waals surface area contributed by atoms with Gasteiger partial charge in [-0.3, -0.25) is 4.79 Å². The number of rotatable bonds is 3. The van der Waals surface area contributed by atoms with E-state index in [2.05, 4.69) is 22.8 Å². The first-order valence-electron chi connectivity index (χ1n) is 8.29. The quantitative estimate of drug-likeness (QED) is 0.855. The molecule has 1 aromatic carbocycles. The van der Waals surface area contributed by atoms with Gasteiger partial charge in [-0.25, -0.2) is 0 Å². The van der Waals surface area contributed by atoms with Gasteiger partial charge in [0.1, 0.15) is 0 Å². The fourth-order valence-corrected chi connectivity index (χ4v) is 4.09. The Labute approximate surface area is 127 Å². The number of benzene rings is 1. The summed E-state index contributed by atoms with van der Waals surface area (Å²) in [6, 6.07) is 8.66. The monoisotopic (exact) mass is 286 g/mol. The first-order chi connectivity index (χ1) is 10.2. The predicted octanol–water partition coefficient (Wildman–Crippen LogP) is 4.56. The summed E-state index contributed by atoms with van der Waals surface area (Å²) in [5.74, 6) is -0.0233. The van der Waals surface area contributed by atoms with Crippen LogP contribution in [-0.2, 0) is 4.79 Å². The molecule has 3 nitrogen and oxygen atoms in total. The molecular formula is C18H26N2O. The fourth-order valence-electron chi connectivity index (χ4n) is 4.09. The van der Waals surface area contributed by atoms with E-state index in [1.165, 1.54) is 58.3 Å². The zero-order valence-electron chi connectivity index (χ0n) is 13.0. The highest BCUT2D eigenvalue weighted by atomic mass is 16.1. The summed E-state index contributed by atoms with van der Waals surface area (Å²) in [4.78, 5) is 11.0. The maximum atomic E-state index is 11.0. The normalized spacial score (nSPS) is 21.4. The van der Waals surface area contributed by atoms with Crippen LogP contribution in [0.4, 0.5) is 11.4 Å². The van der Waals surface area contributed by atoms with Crippen molar-refractivity contribution in [2.24, 2.45) is 5.41 Å². The molecule has 3 heteroatoms. The van der Waals surface area contributed by atoms with Crippen LogP contribution in [0.15, 0.2) is 24.3 Å². The molecular weight excluding hydrogens is 260 g/mol. The minimum Gasteiger partial charge on any atom is -0.382 e. The van der Waals surface area contributed by atoms with Crippen LogP contribution in [-0.4, -0.2) is 11.9 Å². The van der Waals surface area contributed by atoms with Gasteiger partial charge < -0.3 is 10.6 Å². The molecule has 0 atom stereocenters. The van der Waals surface area contributed by atoms with Crippen molar-refractivity contribution in [2.75, 3.05) is 10.6 Å². The Bertz CT molecular complexity index is 478. The van der Waals surface area contributed by atoms with Crippen LogP contribution in [0, 0.1) is 5.41 Å². The van der Waals surface area contributed by atoms with Crippen molar-refractivity contribution in [2.45, 2.75) is 64.3 Å². The number of carbonyl (C=O) groups excluding carboxylic acids is 1. The molecule has 2 N–H and O–H groups in total. The second-order valence-corrected chi connectivity index (χ2v) is 6.88. The summed E-state index contributed by atoms with van der Waals surface area (Å²) < 4.78 is 0. The van der Waals surface area contributed by atoms with E-state index in [4.69, 9.17) is 0 Å². The number of nitrogens with one attached hydrogen (secondary N) is 2. The molecule has 0 aromatic heterocycles. The van der Waals surface area contributed by atoms with Gasteiger partial charge in [-0.1, -0.05) is 12.8 Å². The lowest BCUT2D eigenvalue weighted by Gasteiger charge is -2.37. The number of anilines is 2. The van der Waals surface area contributed by atoms with Crippen LogP contribution >= 0.6 is 0 Å². The topological polar surface area (TPSA) is 41.1 Å². The lowest BCUT2D eigenvalue weighted by molar-refractivity contribution is -0.114. The van der Waals surface area contributed by atoms with Crippen molar-refractivity contribution in [3.05, 3.63) is 24.3 Å². The van der Waals surface area contributed by atoms with Crippen molar-refractivity contribution in [1.82, 2.24) is 0 Å². The molecule has 1 spiro atoms. The molecule has 2 aliphatic carbocycles. The van der Waals surface area contributed by atoms with Crippen molar-refractivity contribution in [3.63, 3.8) is 0 Å². The summed E-state index contributed by atoms with van der Waals surface area (Å²) in [5.41, 5.74) is 2.73. The van der Waals surface area contributed by atoms with Gasteiger partial charge in [0, 0.05) is 24.3 Å². The molecule has 1 amide bonds. The van der Waals surface area contributed by atoms with E-state index in [-0.39, 0.29) is 5.91 Å². The van der Waals surface area contributed by atoms with E-state index >= 15 is 0 Å². The van der Waals surface area contributed by atoms with E-state index in [0.717, 1.165) is 11.4 Å². The number of carbonyl (C=O) groups is 1. The molecule has 0 unspecified atom stereocenters. The van der Waals surface area contributed by atoms with E-state index in [1.807, 2.05) is 12.1 Å². The Balaban J connectivity index is 1.52. The van der Waals surface area contributed by atoms with E-state index in [0.29, 0.717) is 11.5 Å². The Morgan fingerprint density at radius 1 is 1.00 bits per heavy atom. The summed E-state index contributed by atoms with van der Waals surface area (Å²) in [5, 5.41) is 6.46. The Kier molecular flexibility index (Phi) is 4.18. The smallest absolute Gasteiger partial charge is 0.221 e. The molecule has 0 heterocycles. The van der Waals surface area contributed by atoms with Crippen LogP contribution in [0.25, 0.3) is 0 Å². The predicted molar refractivity (Wildman–Crippen MR) is 87.5 cm³/mol. The van der Waals surface area contributed by atoms with Crippen LogP contribution in [0.2, 0.25) is 0 Å². The Morgan fingerprint density at radius 2 is 1.57 bits per heavy atom. The second-order valence-electron chi connectivity index (χ2n) is 6.88. The van der Waals surface area contributed by atoms with Gasteiger partial charge in [-0.05, 0) is 68.2 Å². The largest absolute Gasteiger partial charge is 0.382 e. The molecule has 1 aromatic rings. The van der Waals surface area contributed by atoms with Gasteiger partial charge in [0.05, 0.1) is 0 Å². The van der Waals surface area contributed by atoms with Crippen LogP contribution in [0.5, 0.6) is 0 Å². The highest BCUT2D eigenvalue weighted by Crippen LogP contribution is 2.49. The van der Waals surface area contributed by atoms with Crippen LogP contribution < -0.4 is 10.6 Å². The van der Waals surface area contributed by atoms with Gasteiger partial charge in [-0.15, -0.1) is 0 Å². The molecule has 0 radical (unpaired) electrons. The molecule has 0 saturated heterocycles. The minimum absolute atomic E-state index is 0.0233. The third-order valence-electron chi connectivity index (χ3n) is 5.29. The van der Waals surface area contributed by atoms with Crippen molar-refractivity contribution in [1.29, 1.82) is 0 Å².